The average Bonchev–Trinajstić information content (AvgIpc) is 3.21. The van der Waals surface area contributed by atoms with Crippen LogP contribution < -0.4 is 5.32 Å². The van der Waals surface area contributed by atoms with E-state index in [9.17, 15) is 9.59 Å². The molecule has 2 amide bonds. The topological polar surface area (TPSA) is 74.4 Å². The largest absolute Gasteiger partial charge is 0.379 e. The van der Waals surface area contributed by atoms with Crippen LogP contribution in [0.5, 0.6) is 0 Å². The van der Waals surface area contributed by atoms with Crippen LogP contribution in [0.3, 0.4) is 0 Å². The summed E-state index contributed by atoms with van der Waals surface area (Å²) in [6.45, 7) is 1.62. The fourth-order valence-corrected chi connectivity index (χ4v) is 3.86. The average molecular weight is 369 g/mol. The van der Waals surface area contributed by atoms with Crippen LogP contribution in [0.15, 0.2) is 35.4 Å². The number of hydrogen-bond donors (Lipinski definition) is 2. The van der Waals surface area contributed by atoms with Crippen molar-refractivity contribution in [1.29, 1.82) is 0 Å². The van der Waals surface area contributed by atoms with E-state index < -0.39 is 0 Å². The zero-order valence-corrected chi connectivity index (χ0v) is 15.2. The van der Waals surface area contributed by atoms with Gasteiger partial charge in [0.2, 0.25) is 0 Å². The molecule has 2 N–H and O–H groups in total. The maximum atomic E-state index is 12.7. The maximum Gasteiger partial charge on any atom is 0.256 e. The summed E-state index contributed by atoms with van der Waals surface area (Å²) < 4.78 is 5.64. The predicted molar refractivity (Wildman–Crippen MR) is 102 cm³/mol. The predicted octanol–water partition coefficient (Wildman–Crippen LogP) is 2.70. The van der Waals surface area contributed by atoms with Crippen molar-refractivity contribution in [2.45, 2.75) is 4.90 Å². The van der Waals surface area contributed by atoms with Crippen molar-refractivity contribution in [3.05, 3.63) is 47.3 Å². The number of likely N-dealkylation sites (N-methyl/N-ethyl adjacent to an activating group) is 1. The van der Waals surface area contributed by atoms with Crippen LogP contribution in [0.25, 0.3) is 11.6 Å². The molecule has 0 saturated carbocycles. The molecule has 1 aromatic carbocycles. The Balaban J connectivity index is 1.80. The van der Waals surface area contributed by atoms with E-state index in [1.165, 1.54) is 0 Å². The van der Waals surface area contributed by atoms with Gasteiger partial charge in [0.05, 0.1) is 30.0 Å². The van der Waals surface area contributed by atoms with E-state index in [4.69, 9.17) is 4.74 Å². The molecule has 2 aromatic rings. The molecule has 0 unspecified atom stereocenters. The molecule has 26 heavy (non-hydrogen) atoms. The molecule has 1 aromatic heterocycles. The fourth-order valence-electron chi connectivity index (χ4n) is 3.06. The van der Waals surface area contributed by atoms with E-state index >= 15 is 0 Å². The summed E-state index contributed by atoms with van der Waals surface area (Å²) in [5.41, 5.74) is 3.39. The highest BCUT2D eigenvalue weighted by Crippen LogP contribution is 2.36. The molecule has 6 nitrogen and oxygen atoms in total. The van der Waals surface area contributed by atoms with E-state index in [-0.39, 0.29) is 11.8 Å². The van der Waals surface area contributed by atoms with Crippen molar-refractivity contribution < 1.29 is 14.3 Å². The minimum absolute atomic E-state index is 0.0988. The van der Waals surface area contributed by atoms with Crippen LogP contribution in [-0.2, 0) is 9.53 Å². The number of ether oxygens (including phenoxy) is 1. The first-order chi connectivity index (χ1) is 12.6. The first-order valence-electron chi connectivity index (χ1n) is 8.44. The van der Waals surface area contributed by atoms with Gasteiger partial charge in [0.1, 0.15) is 0 Å². The second-order valence-electron chi connectivity index (χ2n) is 6.21. The Labute approximate surface area is 155 Å². The number of anilines is 1. The highest BCUT2D eigenvalue weighted by atomic mass is 32.2. The van der Waals surface area contributed by atoms with Gasteiger partial charge in [-0.05, 0) is 30.3 Å². The number of carbonyl (C=O) groups excluding carboxylic acids is 2. The smallest absolute Gasteiger partial charge is 0.256 e. The zero-order valence-electron chi connectivity index (χ0n) is 14.4. The van der Waals surface area contributed by atoms with Crippen molar-refractivity contribution in [3.63, 3.8) is 0 Å². The van der Waals surface area contributed by atoms with Gasteiger partial charge in [-0.1, -0.05) is 0 Å². The third-order valence-electron chi connectivity index (χ3n) is 4.49. The molecule has 4 rings (SSSR count). The number of H-pyrrole nitrogens is 1. The molecule has 0 fully saturated rings. The first-order valence-corrected chi connectivity index (χ1v) is 9.43. The third-order valence-corrected chi connectivity index (χ3v) is 5.44. The zero-order chi connectivity index (χ0) is 18.1. The number of nitrogens with zero attached hydrogens (tertiary/aromatic N) is 1. The number of amides is 2. The normalized spacial score (nSPS) is 19.9. The minimum atomic E-state index is -0.156. The van der Waals surface area contributed by atoms with Crippen LogP contribution in [-0.4, -0.2) is 54.3 Å². The second kappa shape index (κ2) is 7.01. The number of nitrogens with one attached hydrogen (secondary N) is 2. The van der Waals surface area contributed by atoms with Crippen LogP contribution in [0.1, 0.15) is 21.6 Å². The molecule has 2 aliphatic rings. The molecule has 134 valence electrons. The Morgan fingerprint density at radius 2 is 2.04 bits per heavy atom. The van der Waals surface area contributed by atoms with Crippen LogP contribution in [0, 0.1) is 0 Å². The van der Waals surface area contributed by atoms with Gasteiger partial charge in [-0.15, -0.1) is 11.8 Å². The summed E-state index contributed by atoms with van der Waals surface area (Å²) in [6, 6.07) is 7.68. The van der Waals surface area contributed by atoms with Crippen LogP contribution >= 0.6 is 11.8 Å². The second-order valence-corrected chi connectivity index (χ2v) is 7.38. The van der Waals surface area contributed by atoms with Crippen molar-refractivity contribution in [2.24, 2.45) is 0 Å². The summed E-state index contributed by atoms with van der Waals surface area (Å²) in [7, 11) is 1.76. The van der Waals surface area contributed by atoms with Gasteiger partial charge < -0.3 is 19.9 Å². The lowest BCUT2D eigenvalue weighted by Gasteiger charge is -2.17. The first kappa shape index (κ1) is 16.9. The Hall–Kier alpha value is -2.51. The number of fused-ring (bicyclic) bond motifs is 2. The van der Waals surface area contributed by atoms with Crippen molar-refractivity contribution in [2.75, 3.05) is 37.9 Å². The maximum absolute atomic E-state index is 12.7. The number of hydrogen-bond acceptors (Lipinski definition) is 4. The quantitative estimate of drug-likeness (QED) is 0.749. The molecule has 0 aliphatic carbocycles. The third kappa shape index (κ3) is 3.15. The molecule has 2 aliphatic heterocycles. The van der Waals surface area contributed by atoms with Gasteiger partial charge in [-0.3, -0.25) is 9.59 Å². The van der Waals surface area contributed by atoms with E-state index in [0.717, 1.165) is 21.9 Å². The van der Waals surface area contributed by atoms with E-state index in [0.29, 0.717) is 36.6 Å². The van der Waals surface area contributed by atoms with Gasteiger partial charge in [0, 0.05) is 41.7 Å². The molecule has 0 radical (unpaired) electrons. The number of rotatable bonds is 0. The lowest BCUT2D eigenvalue weighted by atomic mass is 10.0. The van der Waals surface area contributed by atoms with Gasteiger partial charge in [0.15, 0.2) is 0 Å². The molecule has 0 spiro atoms. The monoisotopic (exact) mass is 369 g/mol. The van der Waals surface area contributed by atoms with Crippen LogP contribution in [0.4, 0.5) is 5.69 Å². The van der Waals surface area contributed by atoms with Gasteiger partial charge >= 0.3 is 0 Å². The van der Waals surface area contributed by atoms with Crippen molar-refractivity contribution in [3.8, 4) is 0 Å². The molecule has 0 atom stereocenters. The molecule has 3 heterocycles. The van der Waals surface area contributed by atoms with E-state index in [2.05, 4.69) is 10.3 Å². The summed E-state index contributed by atoms with van der Waals surface area (Å²) in [5.74, 6) is 0.560. The summed E-state index contributed by atoms with van der Waals surface area (Å²) in [4.78, 5) is 31.0. The Bertz CT molecular complexity index is 903. The summed E-state index contributed by atoms with van der Waals surface area (Å²) in [6.07, 6.45) is 3.47. The van der Waals surface area contributed by atoms with E-state index in [1.807, 2.05) is 18.2 Å². The number of aromatic amines is 1. The van der Waals surface area contributed by atoms with Crippen molar-refractivity contribution >= 4 is 40.9 Å². The number of aromatic nitrogens is 1. The highest BCUT2D eigenvalue weighted by Gasteiger charge is 2.26. The lowest BCUT2D eigenvalue weighted by Crippen LogP contribution is -2.30. The molecular formula is C19H19N3O3S. The molecular weight excluding hydrogens is 350 g/mol. The molecule has 7 heteroatoms. The SMILES string of the molecule is CN1CCOCCSc2ccc3c(c2)/C(=C/c2[nH]ccc2C1=O)C(=O)N3. The van der Waals surface area contributed by atoms with Crippen molar-refractivity contribution in [1.82, 2.24) is 9.88 Å². The lowest BCUT2D eigenvalue weighted by molar-refractivity contribution is -0.110. The van der Waals surface area contributed by atoms with Gasteiger partial charge in [0.25, 0.3) is 11.8 Å². The molecule has 2 bridgehead atoms. The Morgan fingerprint density at radius 3 is 2.92 bits per heavy atom. The highest BCUT2D eigenvalue weighted by molar-refractivity contribution is 7.99. The minimum Gasteiger partial charge on any atom is -0.379 e. The van der Waals surface area contributed by atoms with Gasteiger partial charge in [-0.2, -0.15) is 0 Å². The summed E-state index contributed by atoms with van der Waals surface area (Å²) in [5, 5.41) is 2.89. The van der Waals surface area contributed by atoms with E-state index in [1.54, 1.807) is 42.0 Å². The summed E-state index contributed by atoms with van der Waals surface area (Å²) >= 11 is 1.69. The Kier molecular flexibility index (Phi) is 4.57. The number of carbonyl (C=O) groups is 2. The fraction of sp³-hybridized carbons (Fsp3) is 0.263. The number of thioether (sulfide) groups is 1. The van der Waals surface area contributed by atoms with Gasteiger partial charge in [-0.25, -0.2) is 0 Å². The number of benzene rings is 1. The Morgan fingerprint density at radius 1 is 1.15 bits per heavy atom. The van der Waals surface area contributed by atoms with Crippen LogP contribution in [0.2, 0.25) is 0 Å². The molecule has 0 saturated heterocycles. The standard InChI is InChI=1S/C19H19N3O3S/c1-22-6-7-25-8-9-26-12-2-3-16-14(10-12)15(18(23)21-16)11-17-13(19(22)24)4-5-20-17/h2-5,10-11,20H,6-9H2,1H3,(H,21,23)/b15-11-.